The van der Waals surface area contributed by atoms with E-state index in [4.69, 9.17) is 9.84 Å². The molecule has 0 aliphatic rings. The average molecular weight is 351 g/mol. The maximum Gasteiger partial charge on any atom is 0.407 e. The number of aromatic amines is 1. The fourth-order valence-electron chi connectivity index (χ4n) is 2.41. The Hall–Kier alpha value is -3.61. The number of nitrogens with zero attached hydrogens (tertiary/aromatic N) is 1. The average Bonchev–Trinajstić information content (AvgIpc) is 3.08. The van der Waals surface area contributed by atoms with Crippen LogP contribution in [0.25, 0.3) is 17.0 Å². The lowest BCUT2D eigenvalue weighted by Gasteiger charge is -2.05. The molecule has 2 aromatic carbocycles. The number of hydrogen-bond acceptors (Lipinski definition) is 4. The first-order chi connectivity index (χ1) is 12.6. The van der Waals surface area contributed by atoms with Gasteiger partial charge in [0.25, 0.3) is 0 Å². The van der Waals surface area contributed by atoms with Crippen molar-refractivity contribution in [3.63, 3.8) is 0 Å². The Morgan fingerprint density at radius 3 is 2.77 bits per heavy atom. The highest BCUT2D eigenvalue weighted by molar-refractivity contribution is 6.01. The summed E-state index contributed by atoms with van der Waals surface area (Å²) in [4.78, 5) is 22.8. The summed E-state index contributed by atoms with van der Waals surface area (Å²) in [6.07, 6.45) is 3.04. The zero-order valence-corrected chi connectivity index (χ0v) is 13.8. The molecule has 0 fully saturated rings. The van der Waals surface area contributed by atoms with E-state index in [1.807, 2.05) is 36.4 Å². The van der Waals surface area contributed by atoms with Crippen molar-refractivity contribution in [1.29, 1.82) is 0 Å². The molecule has 3 aromatic rings. The van der Waals surface area contributed by atoms with Crippen molar-refractivity contribution >= 4 is 29.0 Å². The van der Waals surface area contributed by atoms with Crippen molar-refractivity contribution in [2.75, 3.05) is 6.54 Å². The van der Waals surface area contributed by atoms with Crippen LogP contribution in [-0.4, -0.2) is 33.9 Å². The van der Waals surface area contributed by atoms with Gasteiger partial charge in [-0.2, -0.15) is 5.10 Å². The number of fused-ring (bicyclic) bond motifs is 1. The number of carboxylic acid groups (broad SMARTS) is 1. The van der Waals surface area contributed by atoms with Crippen LogP contribution in [0.5, 0.6) is 0 Å². The van der Waals surface area contributed by atoms with Gasteiger partial charge in [0.2, 0.25) is 0 Å². The molecule has 0 spiro atoms. The third kappa shape index (κ3) is 4.27. The smallest absolute Gasteiger partial charge is 0.407 e. The van der Waals surface area contributed by atoms with Crippen LogP contribution in [0.1, 0.15) is 21.6 Å². The van der Waals surface area contributed by atoms with E-state index in [0.29, 0.717) is 17.4 Å². The number of amides is 1. The minimum atomic E-state index is -1.08. The molecular formula is C19H17N3O4. The van der Waals surface area contributed by atoms with Gasteiger partial charge in [0.1, 0.15) is 6.61 Å². The molecule has 26 heavy (non-hydrogen) atoms. The molecule has 0 saturated carbocycles. The van der Waals surface area contributed by atoms with Crippen LogP contribution in [0.4, 0.5) is 4.79 Å². The largest absolute Gasteiger partial charge is 0.476 e. The van der Waals surface area contributed by atoms with Crippen molar-refractivity contribution < 1.29 is 19.4 Å². The van der Waals surface area contributed by atoms with Crippen LogP contribution >= 0.6 is 0 Å². The van der Waals surface area contributed by atoms with E-state index in [2.05, 4.69) is 15.5 Å². The highest BCUT2D eigenvalue weighted by Crippen LogP contribution is 2.18. The highest BCUT2D eigenvalue weighted by Gasteiger charge is 2.12. The Kier molecular flexibility index (Phi) is 5.28. The molecule has 0 bridgehead atoms. The van der Waals surface area contributed by atoms with Crippen molar-refractivity contribution in [3.05, 3.63) is 71.4 Å². The lowest BCUT2D eigenvalue weighted by atomic mass is 10.1. The van der Waals surface area contributed by atoms with Crippen LogP contribution in [0.3, 0.4) is 0 Å². The standard InChI is InChI=1S/C19H17N3O4/c23-18(24)17-15-11-13(8-9-16(15)21-22-17)7-4-10-20-19(25)26-12-14-5-2-1-3-6-14/h1-9,11H,10,12H2,(H,20,25)(H,21,22)(H,23,24). The lowest BCUT2D eigenvalue weighted by molar-refractivity contribution is 0.0692. The predicted molar refractivity (Wildman–Crippen MR) is 96.7 cm³/mol. The summed E-state index contributed by atoms with van der Waals surface area (Å²) in [7, 11) is 0. The third-order valence-corrected chi connectivity index (χ3v) is 3.68. The summed E-state index contributed by atoms with van der Waals surface area (Å²) in [5.74, 6) is -1.08. The van der Waals surface area contributed by atoms with Gasteiger partial charge in [0, 0.05) is 11.9 Å². The fourth-order valence-corrected chi connectivity index (χ4v) is 2.41. The maximum absolute atomic E-state index is 11.6. The van der Waals surface area contributed by atoms with Gasteiger partial charge in [0.15, 0.2) is 5.69 Å². The summed E-state index contributed by atoms with van der Waals surface area (Å²) in [5.41, 5.74) is 2.36. The van der Waals surface area contributed by atoms with Crippen LogP contribution in [0, 0.1) is 0 Å². The number of carboxylic acids is 1. The number of carbonyl (C=O) groups is 2. The monoisotopic (exact) mass is 351 g/mol. The number of hydrogen-bond donors (Lipinski definition) is 3. The summed E-state index contributed by atoms with van der Waals surface area (Å²) in [6.45, 7) is 0.508. The molecule has 0 unspecified atom stereocenters. The molecule has 1 amide bonds. The number of aromatic carboxylic acids is 1. The minimum Gasteiger partial charge on any atom is -0.476 e. The molecule has 132 valence electrons. The second kappa shape index (κ2) is 7.98. The van der Waals surface area contributed by atoms with Gasteiger partial charge in [-0.05, 0) is 23.3 Å². The van der Waals surface area contributed by atoms with E-state index in [-0.39, 0.29) is 12.3 Å². The second-order valence-electron chi connectivity index (χ2n) is 5.53. The summed E-state index contributed by atoms with van der Waals surface area (Å²) in [5, 5.41) is 18.7. The van der Waals surface area contributed by atoms with Crippen molar-refractivity contribution in [2.45, 2.75) is 6.61 Å². The number of benzene rings is 2. The first kappa shape index (κ1) is 17.2. The Labute approximate surface area is 149 Å². The molecule has 3 rings (SSSR count). The first-order valence-electron chi connectivity index (χ1n) is 7.96. The van der Waals surface area contributed by atoms with Crippen molar-refractivity contribution in [1.82, 2.24) is 15.5 Å². The molecule has 7 nitrogen and oxygen atoms in total. The van der Waals surface area contributed by atoms with Gasteiger partial charge in [0.05, 0.1) is 5.52 Å². The maximum atomic E-state index is 11.6. The molecule has 0 atom stereocenters. The number of carbonyl (C=O) groups excluding carboxylic acids is 1. The molecule has 3 N–H and O–H groups in total. The molecule has 0 aliphatic heterocycles. The van der Waals surface area contributed by atoms with E-state index in [1.165, 1.54) is 0 Å². The highest BCUT2D eigenvalue weighted by atomic mass is 16.5. The Morgan fingerprint density at radius 2 is 2.00 bits per heavy atom. The van der Waals surface area contributed by atoms with Gasteiger partial charge in [-0.3, -0.25) is 5.10 Å². The molecular weight excluding hydrogens is 334 g/mol. The quantitative estimate of drug-likeness (QED) is 0.632. The van der Waals surface area contributed by atoms with Gasteiger partial charge in [-0.15, -0.1) is 0 Å². The number of H-pyrrole nitrogens is 1. The molecule has 0 radical (unpaired) electrons. The van der Waals surface area contributed by atoms with Gasteiger partial charge in [-0.1, -0.05) is 48.6 Å². The number of alkyl carbamates (subject to hydrolysis) is 1. The first-order valence-corrected chi connectivity index (χ1v) is 7.96. The zero-order valence-electron chi connectivity index (χ0n) is 13.8. The molecule has 7 heteroatoms. The summed E-state index contributed by atoms with van der Waals surface area (Å²) in [6, 6.07) is 14.7. The molecule has 1 heterocycles. The summed E-state index contributed by atoms with van der Waals surface area (Å²) < 4.78 is 5.11. The van der Waals surface area contributed by atoms with E-state index < -0.39 is 12.1 Å². The van der Waals surface area contributed by atoms with Crippen molar-refractivity contribution in [3.8, 4) is 0 Å². The third-order valence-electron chi connectivity index (χ3n) is 3.68. The van der Waals surface area contributed by atoms with E-state index in [1.54, 1.807) is 24.3 Å². The van der Waals surface area contributed by atoms with Crippen molar-refractivity contribution in [2.24, 2.45) is 0 Å². The Bertz CT molecular complexity index is 948. The summed E-state index contributed by atoms with van der Waals surface area (Å²) >= 11 is 0. The van der Waals surface area contributed by atoms with Crippen LogP contribution in [0.2, 0.25) is 0 Å². The second-order valence-corrected chi connectivity index (χ2v) is 5.53. The normalized spacial score (nSPS) is 10.9. The fraction of sp³-hybridized carbons (Fsp3) is 0.105. The number of rotatable bonds is 6. The van der Waals surface area contributed by atoms with E-state index >= 15 is 0 Å². The number of ether oxygens (including phenoxy) is 1. The Morgan fingerprint density at radius 1 is 1.19 bits per heavy atom. The molecule has 0 aliphatic carbocycles. The van der Waals surface area contributed by atoms with Crippen LogP contribution in [-0.2, 0) is 11.3 Å². The molecule has 1 aromatic heterocycles. The number of nitrogens with one attached hydrogen (secondary N) is 2. The van der Waals surface area contributed by atoms with Crippen LogP contribution < -0.4 is 5.32 Å². The molecule has 0 saturated heterocycles. The minimum absolute atomic E-state index is 0.0159. The Balaban J connectivity index is 1.52. The van der Waals surface area contributed by atoms with E-state index in [0.717, 1.165) is 11.1 Å². The SMILES string of the molecule is O=C(NCC=Cc1ccc2[nH]nc(C(=O)O)c2c1)OCc1ccccc1. The van der Waals surface area contributed by atoms with E-state index in [9.17, 15) is 9.59 Å². The zero-order chi connectivity index (χ0) is 18.4. The predicted octanol–water partition coefficient (Wildman–Crippen LogP) is 3.20. The lowest BCUT2D eigenvalue weighted by Crippen LogP contribution is -2.24. The number of aromatic nitrogens is 2. The van der Waals surface area contributed by atoms with Gasteiger partial charge < -0.3 is 15.2 Å². The topological polar surface area (TPSA) is 104 Å². The van der Waals surface area contributed by atoms with Crippen LogP contribution in [0.15, 0.2) is 54.6 Å². The van der Waals surface area contributed by atoms with Gasteiger partial charge in [-0.25, -0.2) is 9.59 Å². The van der Waals surface area contributed by atoms with Gasteiger partial charge >= 0.3 is 12.1 Å².